The van der Waals surface area contributed by atoms with Gasteiger partial charge in [0.25, 0.3) is 5.91 Å². The van der Waals surface area contributed by atoms with E-state index in [9.17, 15) is 9.59 Å². The molecule has 0 atom stereocenters. The van der Waals surface area contributed by atoms with Crippen molar-refractivity contribution in [3.63, 3.8) is 0 Å². The number of rotatable bonds is 6. The number of anilines is 1. The standard InChI is InChI=1S/C23H21BrIN3O5S/c1-27-22(31)19(11-14-10-15(25)12-18(24)21(14)33-13-20(29)30)34-23(27)26-16-2-4-17(5-3-16)28-6-8-32-9-7-28/h2-5,10-12H,6-9,13H2,1H3,(H,29,30)/b19-11-,26-23?. The molecule has 8 nitrogen and oxygen atoms in total. The van der Waals surface area contributed by atoms with Gasteiger partial charge < -0.3 is 19.5 Å². The first-order valence-corrected chi connectivity index (χ1v) is 13.0. The van der Waals surface area contributed by atoms with Crippen molar-refractivity contribution in [1.29, 1.82) is 0 Å². The van der Waals surface area contributed by atoms with E-state index >= 15 is 0 Å². The summed E-state index contributed by atoms with van der Waals surface area (Å²) in [7, 11) is 1.68. The number of morpholine rings is 1. The summed E-state index contributed by atoms with van der Waals surface area (Å²) in [5, 5.41) is 9.56. The maximum atomic E-state index is 12.9. The van der Waals surface area contributed by atoms with Crippen LogP contribution in [0.3, 0.4) is 0 Å². The van der Waals surface area contributed by atoms with Crippen molar-refractivity contribution in [1.82, 2.24) is 4.90 Å². The van der Waals surface area contributed by atoms with Gasteiger partial charge in [0, 0.05) is 35.0 Å². The molecule has 2 aliphatic rings. The summed E-state index contributed by atoms with van der Waals surface area (Å²) in [4.78, 5) is 32.8. The van der Waals surface area contributed by atoms with Gasteiger partial charge in [0.15, 0.2) is 11.8 Å². The lowest BCUT2D eigenvalue weighted by molar-refractivity contribution is -0.139. The van der Waals surface area contributed by atoms with Crippen LogP contribution in [0.25, 0.3) is 6.08 Å². The van der Waals surface area contributed by atoms with E-state index in [-0.39, 0.29) is 5.91 Å². The van der Waals surface area contributed by atoms with Gasteiger partial charge in [-0.05, 0) is 92.8 Å². The first kappa shape index (κ1) is 25.0. The quantitative estimate of drug-likeness (QED) is 0.359. The normalized spacial score (nSPS) is 18.7. The second kappa shape index (κ2) is 11.1. The molecule has 0 aliphatic carbocycles. The molecule has 2 aromatic rings. The molecule has 0 bridgehead atoms. The number of carboxylic acid groups (broad SMARTS) is 1. The molecule has 1 N–H and O–H groups in total. The van der Waals surface area contributed by atoms with E-state index in [1.165, 1.54) is 16.7 Å². The Hall–Kier alpha value is -2.09. The second-order valence-corrected chi connectivity index (χ2v) is 10.6. The van der Waals surface area contributed by atoms with E-state index in [1.54, 1.807) is 13.1 Å². The van der Waals surface area contributed by atoms with Crippen molar-refractivity contribution in [2.75, 3.05) is 44.9 Å². The number of benzene rings is 2. The smallest absolute Gasteiger partial charge is 0.341 e. The predicted octanol–water partition coefficient (Wildman–Crippen LogP) is 4.59. The van der Waals surface area contributed by atoms with Crippen LogP contribution >= 0.6 is 50.3 Å². The van der Waals surface area contributed by atoms with Crippen LogP contribution in [0.1, 0.15) is 5.56 Å². The second-order valence-electron chi connectivity index (χ2n) is 7.47. The highest BCUT2D eigenvalue weighted by atomic mass is 127. The Bertz CT molecular complexity index is 1170. The fourth-order valence-electron chi connectivity index (χ4n) is 3.44. The number of amidine groups is 1. The lowest BCUT2D eigenvalue weighted by Gasteiger charge is -2.28. The molecule has 2 heterocycles. The zero-order valence-corrected chi connectivity index (χ0v) is 22.7. The molecule has 0 radical (unpaired) electrons. The first-order chi connectivity index (χ1) is 16.3. The molecule has 0 aromatic heterocycles. The fraction of sp³-hybridized carbons (Fsp3) is 0.261. The summed E-state index contributed by atoms with van der Waals surface area (Å²) in [6, 6.07) is 11.6. The van der Waals surface area contributed by atoms with Crippen LogP contribution in [0, 0.1) is 3.57 Å². The Morgan fingerprint density at radius 3 is 2.68 bits per heavy atom. The third-order valence-electron chi connectivity index (χ3n) is 5.12. The van der Waals surface area contributed by atoms with Gasteiger partial charge in [-0.25, -0.2) is 9.79 Å². The maximum Gasteiger partial charge on any atom is 0.341 e. The fourth-order valence-corrected chi connectivity index (χ4v) is 6.08. The van der Waals surface area contributed by atoms with Crippen molar-refractivity contribution in [3.8, 4) is 5.75 Å². The lowest BCUT2D eigenvalue weighted by Crippen LogP contribution is -2.36. The monoisotopic (exact) mass is 657 g/mol. The Balaban J connectivity index is 1.57. The number of thioether (sulfide) groups is 1. The minimum atomic E-state index is -1.08. The van der Waals surface area contributed by atoms with Gasteiger partial charge in [-0.3, -0.25) is 9.69 Å². The van der Waals surface area contributed by atoms with E-state index in [1.807, 2.05) is 36.4 Å². The number of hydrogen-bond acceptors (Lipinski definition) is 7. The van der Waals surface area contributed by atoms with Crippen LogP contribution in [-0.2, 0) is 14.3 Å². The maximum absolute atomic E-state index is 12.9. The molecule has 4 rings (SSSR count). The number of likely N-dealkylation sites (N-methyl/N-ethyl adjacent to an activating group) is 1. The van der Waals surface area contributed by atoms with Crippen LogP contribution in [-0.4, -0.2) is 67.0 Å². The van der Waals surface area contributed by atoms with Crippen molar-refractivity contribution in [3.05, 3.63) is 54.9 Å². The minimum Gasteiger partial charge on any atom is -0.480 e. The summed E-state index contributed by atoms with van der Waals surface area (Å²) in [6.07, 6.45) is 1.71. The van der Waals surface area contributed by atoms with Crippen LogP contribution in [0.2, 0.25) is 0 Å². The number of aliphatic carboxylic acids is 1. The van der Waals surface area contributed by atoms with E-state index < -0.39 is 12.6 Å². The SMILES string of the molecule is CN1C(=O)/C(=C/c2cc(I)cc(Br)c2OCC(=O)O)SC1=Nc1ccc(N2CCOCC2)cc1. The molecule has 178 valence electrons. The van der Waals surface area contributed by atoms with Crippen molar-refractivity contribution in [2.24, 2.45) is 4.99 Å². The molecule has 34 heavy (non-hydrogen) atoms. The summed E-state index contributed by atoms with van der Waals surface area (Å²) in [5.74, 6) is -0.896. The van der Waals surface area contributed by atoms with E-state index in [0.29, 0.717) is 25.9 Å². The molecule has 0 spiro atoms. The minimum absolute atomic E-state index is 0.187. The molecule has 1 amide bonds. The first-order valence-electron chi connectivity index (χ1n) is 10.3. The van der Waals surface area contributed by atoms with Crippen LogP contribution in [0.15, 0.2) is 50.8 Å². The molecular weight excluding hydrogens is 637 g/mol. The highest BCUT2D eigenvalue weighted by Gasteiger charge is 2.31. The zero-order chi connectivity index (χ0) is 24.2. The summed E-state index contributed by atoms with van der Waals surface area (Å²) in [5.41, 5.74) is 2.48. The molecular formula is C23H21BrIN3O5S. The Morgan fingerprint density at radius 1 is 1.29 bits per heavy atom. The summed E-state index contributed by atoms with van der Waals surface area (Å²) >= 11 is 6.85. The number of carbonyl (C=O) groups excluding carboxylic acids is 1. The van der Waals surface area contributed by atoms with Gasteiger partial charge in [0.05, 0.1) is 28.3 Å². The number of carboxylic acids is 1. The Labute approximate surface area is 223 Å². The Morgan fingerprint density at radius 2 is 2.00 bits per heavy atom. The highest BCUT2D eigenvalue weighted by Crippen LogP contribution is 2.38. The number of nitrogens with zero attached hydrogens (tertiary/aromatic N) is 3. The molecule has 2 fully saturated rings. The molecule has 2 aromatic carbocycles. The summed E-state index contributed by atoms with van der Waals surface area (Å²) in [6.45, 7) is 2.69. The Kier molecular flexibility index (Phi) is 8.17. The third-order valence-corrected chi connectivity index (χ3v) is 7.39. The van der Waals surface area contributed by atoms with Gasteiger partial charge >= 0.3 is 5.97 Å². The third kappa shape index (κ3) is 5.93. The highest BCUT2D eigenvalue weighted by molar-refractivity contribution is 14.1. The van der Waals surface area contributed by atoms with Crippen molar-refractivity contribution in [2.45, 2.75) is 0 Å². The van der Waals surface area contributed by atoms with E-state index in [0.717, 1.165) is 41.2 Å². The predicted molar refractivity (Wildman–Crippen MR) is 145 cm³/mol. The average molecular weight is 658 g/mol. The number of ether oxygens (including phenoxy) is 2. The van der Waals surface area contributed by atoms with E-state index in [4.69, 9.17) is 14.6 Å². The van der Waals surface area contributed by atoms with Crippen LogP contribution in [0.4, 0.5) is 11.4 Å². The largest absolute Gasteiger partial charge is 0.480 e. The lowest BCUT2D eigenvalue weighted by atomic mass is 10.2. The molecule has 2 saturated heterocycles. The molecule has 11 heteroatoms. The van der Waals surface area contributed by atoms with Crippen LogP contribution in [0.5, 0.6) is 5.75 Å². The number of amides is 1. The number of aliphatic imine (C=N–C) groups is 1. The average Bonchev–Trinajstić information content (AvgIpc) is 3.07. The topological polar surface area (TPSA) is 91.7 Å². The number of carbonyl (C=O) groups is 2. The van der Waals surface area contributed by atoms with Gasteiger partial charge in [-0.15, -0.1) is 0 Å². The summed E-state index contributed by atoms with van der Waals surface area (Å²) < 4.78 is 12.4. The molecule has 0 unspecified atom stereocenters. The molecule has 2 aliphatic heterocycles. The van der Waals surface area contributed by atoms with Gasteiger partial charge in [0.1, 0.15) is 5.75 Å². The van der Waals surface area contributed by atoms with Gasteiger partial charge in [-0.2, -0.15) is 0 Å². The van der Waals surface area contributed by atoms with E-state index in [2.05, 4.69) is 48.4 Å². The zero-order valence-electron chi connectivity index (χ0n) is 18.2. The number of halogens is 2. The van der Waals surface area contributed by atoms with Gasteiger partial charge in [-0.1, -0.05) is 0 Å². The number of hydrogen-bond donors (Lipinski definition) is 1. The van der Waals surface area contributed by atoms with Crippen molar-refractivity contribution < 1.29 is 24.2 Å². The van der Waals surface area contributed by atoms with Crippen LogP contribution < -0.4 is 9.64 Å². The van der Waals surface area contributed by atoms with Crippen molar-refractivity contribution >= 4 is 84.8 Å². The van der Waals surface area contributed by atoms with Gasteiger partial charge in [0.2, 0.25) is 0 Å². The molecule has 0 saturated carbocycles.